The molecule has 0 radical (unpaired) electrons. The van der Waals surface area contributed by atoms with Gasteiger partial charge in [0, 0.05) is 11.6 Å². The van der Waals surface area contributed by atoms with Crippen LogP contribution in [0, 0.1) is 0 Å². The first-order valence-electron chi connectivity index (χ1n) is 5.66. The number of hydrogen-bond donors (Lipinski definition) is 0. The van der Waals surface area contributed by atoms with E-state index in [1.54, 1.807) is 0 Å². The minimum Gasteiger partial charge on any atom is -0.256 e. The topological polar surface area (TPSA) is 12.9 Å². The van der Waals surface area contributed by atoms with Gasteiger partial charge < -0.3 is 0 Å². The Morgan fingerprint density at radius 1 is 1.07 bits per heavy atom. The Morgan fingerprint density at radius 2 is 1.80 bits per heavy atom. The highest BCUT2D eigenvalue weighted by Gasteiger charge is 2.17. The maximum Gasteiger partial charge on any atom is 0.0742 e. The molecule has 76 valence electrons. The Kier molecular flexibility index (Phi) is 1.82. The lowest BCUT2D eigenvalue weighted by atomic mass is 9.97. The van der Waals surface area contributed by atoms with Gasteiger partial charge in [-0.15, -0.1) is 0 Å². The monoisotopic (exact) mass is 197 g/mol. The van der Waals surface area contributed by atoms with Gasteiger partial charge in [0.2, 0.25) is 0 Å². The van der Waals surface area contributed by atoms with Crippen LogP contribution >= 0.6 is 0 Å². The first-order chi connectivity index (χ1) is 7.27. The van der Waals surface area contributed by atoms with E-state index in [0.717, 1.165) is 0 Å². The van der Waals surface area contributed by atoms with E-state index in [1.165, 1.54) is 40.4 Å². The molecule has 1 heterocycles. The van der Waals surface area contributed by atoms with Crippen molar-refractivity contribution >= 4 is 10.9 Å². The molecule has 0 saturated carbocycles. The molecule has 0 spiro atoms. The zero-order chi connectivity index (χ0) is 10.4. The van der Waals surface area contributed by atoms with Crippen LogP contribution in [-0.4, -0.2) is 4.98 Å². The molecule has 1 aliphatic rings. The van der Waals surface area contributed by atoms with Crippen molar-refractivity contribution in [2.45, 2.75) is 32.6 Å². The summed E-state index contributed by atoms with van der Waals surface area (Å²) in [6, 6.07) is 6.71. The molecule has 3 rings (SSSR count). The first-order valence-corrected chi connectivity index (χ1v) is 5.66. The van der Waals surface area contributed by atoms with Crippen LogP contribution in [0.25, 0.3) is 10.9 Å². The molecule has 1 nitrogen and oxygen atoms in total. The fraction of sp³-hybridized carbons (Fsp3) is 0.357. The highest BCUT2D eigenvalue weighted by Crippen LogP contribution is 2.33. The van der Waals surface area contributed by atoms with E-state index >= 15 is 0 Å². The van der Waals surface area contributed by atoms with Gasteiger partial charge in [-0.25, -0.2) is 0 Å². The summed E-state index contributed by atoms with van der Waals surface area (Å²) in [6.07, 6.45) is 4.34. The molecule has 0 atom stereocenters. The van der Waals surface area contributed by atoms with Crippen LogP contribution in [0.4, 0.5) is 0 Å². The Morgan fingerprint density at radius 3 is 2.53 bits per heavy atom. The van der Waals surface area contributed by atoms with Crippen molar-refractivity contribution in [1.29, 1.82) is 0 Å². The summed E-state index contributed by atoms with van der Waals surface area (Å²) in [5, 5.41) is 1.43. The zero-order valence-electron chi connectivity index (χ0n) is 9.25. The molecular formula is C14H15N. The van der Waals surface area contributed by atoms with Gasteiger partial charge in [0.05, 0.1) is 5.52 Å². The standard InChI is InChI=1S/C14H15N/c1-9(2)12-6-5-10-3-4-11-7-8-15-14(12)13(10)11/h5-9H,3-4H2,1-2H3. The lowest BCUT2D eigenvalue weighted by Crippen LogP contribution is -1.93. The van der Waals surface area contributed by atoms with Crippen molar-refractivity contribution in [1.82, 2.24) is 4.98 Å². The molecule has 0 amide bonds. The summed E-state index contributed by atoms with van der Waals surface area (Å²) in [4.78, 5) is 4.56. The lowest BCUT2D eigenvalue weighted by molar-refractivity contribution is 0.872. The Balaban J connectivity index is 2.43. The predicted molar refractivity (Wildman–Crippen MR) is 63.2 cm³/mol. The van der Waals surface area contributed by atoms with Gasteiger partial charge in [-0.05, 0) is 41.5 Å². The predicted octanol–water partition coefficient (Wildman–Crippen LogP) is 3.46. The summed E-state index contributed by atoms with van der Waals surface area (Å²) in [5.41, 5.74) is 5.59. The first kappa shape index (κ1) is 8.90. The van der Waals surface area contributed by atoms with E-state index in [4.69, 9.17) is 0 Å². The third-order valence-electron chi connectivity index (χ3n) is 3.38. The summed E-state index contributed by atoms with van der Waals surface area (Å²) in [5.74, 6) is 0.558. The Labute approximate surface area is 90.2 Å². The molecule has 0 N–H and O–H groups in total. The SMILES string of the molecule is CC(C)c1ccc2c3c(ccnc13)CC2. The van der Waals surface area contributed by atoms with E-state index < -0.39 is 0 Å². The number of benzene rings is 1. The van der Waals surface area contributed by atoms with Gasteiger partial charge in [-0.3, -0.25) is 4.98 Å². The van der Waals surface area contributed by atoms with Gasteiger partial charge >= 0.3 is 0 Å². The fourth-order valence-corrected chi connectivity index (χ4v) is 2.58. The van der Waals surface area contributed by atoms with Gasteiger partial charge in [-0.1, -0.05) is 26.0 Å². The minimum absolute atomic E-state index is 0.558. The number of pyridine rings is 1. The average Bonchev–Trinajstić information content (AvgIpc) is 2.64. The van der Waals surface area contributed by atoms with Crippen molar-refractivity contribution in [2.75, 3.05) is 0 Å². The van der Waals surface area contributed by atoms with Crippen LogP contribution in [0.2, 0.25) is 0 Å². The molecule has 0 fully saturated rings. The van der Waals surface area contributed by atoms with Gasteiger partial charge in [0.1, 0.15) is 0 Å². The van der Waals surface area contributed by atoms with E-state index in [-0.39, 0.29) is 0 Å². The van der Waals surface area contributed by atoms with Crippen molar-refractivity contribution in [2.24, 2.45) is 0 Å². The molecule has 2 aromatic rings. The van der Waals surface area contributed by atoms with Crippen LogP contribution in [0.1, 0.15) is 36.5 Å². The zero-order valence-corrected chi connectivity index (χ0v) is 9.25. The number of nitrogens with zero attached hydrogens (tertiary/aromatic N) is 1. The normalized spacial score (nSPS) is 14.1. The molecule has 0 unspecified atom stereocenters. The summed E-state index contributed by atoms with van der Waals surface area (Å²) >= 11 is 0. The molecule has 0 saturated heterocycles. The van der Waals surface area contributed by atoms with E-state index in [0.29, 0.717) is 5.92 Å². The molecule has 1 aromatic heterocycles. The molecule has 0 aliphatic heterocycles. The van der Waals surface area contributed by atoms with Crippen molar-refractivity contribution in [3.05, 3.63) is 41.1 Å². The highest BCUT2D eigenvalue weighted by atomic mass is 14.7. The summed E-state index contributed by atoms with van der Waals surface area (Å²) in [7, 11) is 0. The quantitative estimate of drug-likeness (QED) is 0.682. The van der Waals surface area contributed by atoms with Crippen molar-refractivity contribution in [3.63, 3.8) is 0 Å². The second-order valence-electron chi connectivity index (χ2n) is 4.66. The molecule has 0 bridgehead atoms. The van der Waals surface area contributed by atoms with Crippen LogP contribution < -0.4 is 0 Å². The van der Waals surface area contributed by atoms with Crippen LogP contribution in [0.5, 0.6) is 0 Å². The maximum absolute atomic E-state index is 4.56. The van der Waals surface area contributed by atoms with E-state index in [9.17, 15) is 0 Å². The number of hydrogen-bond acceptors (Lipinski definition) is 1. The third kappa shape index (κ3) is 1.19. The van der Waals surface area contributed by atoms with Crippen LogP contribution in [0.15, 0.2) is 24.4 Å². The minimum atomic E-state index is 0.558. The second-order valence-corrected chi connectivity index (χ2v) is 4.66. The maximum atomic E-state index is 4.56. The number of aryl methyl sites for hydroxylation is 2. The molecule has 1 aromatic carbocycles. The van der Waals surface area contributed by atoms with Gasteiger partial charge in [0.25, 0.3) is 0 Å². The van der Waals surface area contributed by atoms with Crippen molar-refractivity contribution < 1.29 is 0 Å². The molecular weight excluding hydrogens is 182 g/mol. The molecule has 1 aliphatic carbocycles. The largest absolute Gasteiger partial charge is 0.256 e. The van der Waals surface area contributed by atoms with E-state index in [1.807, 2.05) is 6.20 Å². The van der Waals surface area contributed by atoms with Gasteiger partial charge in [0.15, 0.2) is 0 Å². The summed E-state index contributed by atoms with van der Waals surface area (Å²) in [6.45, 7) is 4.47. The number of aromatic nitrogens is 1. The van der Waals surface area contributed by atoms with Crippen LogP contribution in [0.3, 0.4) is 0 Å². The molecule has 15 heavy (non-hydrogen) atoms. The highest BCUT2D eigenvalue weighted by molar-refractivity contribution is 5.90. The molecule has 1 heteroatoms. The Bertz CT molecular complexity index is 516. The third-order valence-corrected chi connectivity index (χ3v) is 3.38. The van der Waals surface area contributed by atoms with Crippen LogP contribution in [-0.2, 0) is 12.8 Å². The lowest BCUT2D eigenvalue weighted by Gasteiger charge is -2.10. The van der Waals surface area contributed by atoms with Crippen molar-refractivity contribution in [3.8, 4) is 0 Å². The fourth-order valence-electron chi connectivity index (χ4n) is 2.58. The summed E-state index contributed by atoms with van der Waals surface area (Å²) < 4.78 is 0. The van der Waals surface area contributed by atoms with Gasteiger partial charge in [-0.2, -0.15) is 0 Å². The Hall–Kier alpha value is -1.37. The number of rotatable bonds is 1. The smallest absolute Gasteiger partial charge is 0.0742 e. The average molecular weight is 197 g/mol. The van der Waals surface area contributed by atoms with E-state index in [2.05, 4.69) is 37.0 Å². The second kappa shape index (κ2) is 3.06.